The molecule has 0 atom stereocenters. The van der Waals surface area contributed by atoms with Gasteiger partial charge in [-0.1, -0.05) is 0 Å². The molecule has 0 fully saturated rings. The number of sulfonamides is 1. The summed E-state index contributed by atoms with van der Waals surface area (Å²) in [7, 11) is -2.07. The second-order valence-corrected chi connectivity index (χ2v) is 6.63. The zero-order chi connectivity index (χ0) is 16.9. The summed E-state index contributed by atoms with van der Waals surface area (Å²) in [6.45, 7) is 4.61. The Morgan fingerprint density at radius 3 is 1.96 bits per heavy atom. The molecule has 2 aromatic carbocycles. The SMILES string of the molecule is CCOc1ccc(N(CC)S(=O)(=O)c2ccc(OC)cc2)cc1. The first-order chi connectivity index (χ1) is 11.0. The van der Waals surface area contributed by atoms with Gasteiger partial charge in [-0.15, -0.1) is 0 Å². The Kier molecular flexibility index (Phi) is 5.50. The van der Waals surface area contributed by atoms with Gasteiger partial charge in [0.25, 0.3) is 10.0 Å². The largest absolute Gasteiger partial charge is 0.497 e. The van der Waals surface area contributed by atoms with Crippen molar-refractivity contribution < 1.29 is 17.9 Å². The standard InChI is InChI=1S/C17H21NO4S/c1-4-18(14-6-8-16(9-7-14)22-5-2)23(19,20)17-12-10-15(21-3)11-13-17/h6-13H,4-5H2,1-3H3. The van der Waals surface area contributed by atoms with E-state index < -0.39 is 10.0 Å². The summed E-state index contributed by atoms with van der Waals surface area (Å²) in [5.74, 6) is 1.34. The van der Waals surface area contributed by atoms with Crippen LogP contribution in [0.2, 0.25) is 0 Å². The molecule has 0 N–H and O–H groups in total. The Morgan fingerprint density at radius 1 is 0.913 bits per heavy atom. The van der Waals surface area contributed by atoms with Gasteiger partial charge in [-0.25, -0.2) is 8.42 Å². The molecule has 5 nitrogen and oxygen atoms in total. The highest BCUT2D eigenvalue weighted by atomic mass is 32.2. The van der Waals surface area contributed by atoms with Crippen LogP contribution in [-0.4, -0.2) is 28.7 Å². The van der Waals surface area contributed by atoms with Gasteiger partial charge in [0.05, 0.1) is 24.3 Å². The van der Waals surface area contributed by atoms with Crippen molar-refractivity contribution in [1.82, 2.24) is 0 Å². The van der Waals surface area contributed by atoms with Gasteiger partial charge in [0, 0.05) is 6.54 Å². The van der Waals surface area contributed by atoms with Crippen molar-refractivity contribution in [3.63, 3.8) is 0 Å². The average Bonchev–Trinajstić information content (AvgIpc) is 2.57. The molecule has 2 rings (SSSR count). The van der Waals surface area contributed by atoms with Gasteiger partial charge in [-0.05, 0) is 62.4 Å². The van der Waals surface area contributed by atoms with Gasteiger partial charge in [0.2, 0.25) is 0 Å². The highest BCUT2D eigenvalue weighted by Gasteiger charge is 2.23. The molecule has 23 heavy (non-hydrogen) atoms. The molecule has 0 aliphatic heterocycles. The number of hydrogen-bond donors (Lipinski definition) is 0. The van der Waals surface area contributed by atoms with Crippen molar-refractivity contribution >= 4 is 15.7 Å². The zero-order valence-corrected chi connectivity index (χ0v) is 14.3. The first-order valence-electron chi connectivity index (χ1n) is 7.42. The lowest BCUT2D eigenvalue weighted by molar-refractivity contribution is 0.340. The summed E-state index contributed by atoms with van der Waals surface area (Å²) in [6.07, 6.45) is 0. The third-order valence-electron chi connectivity index (χ3n) is 3.37. The van der Waals surface area contributed by atoms with Gasteiger partial charge in [-0.3, -0.25) is 4.31 Å². The summed E-state index contributed by atoms with van der Waals surface area (Å²) in [6, 6.07) is 13.4. The van der Waals surface area contributed by atoms with E-state index in [0.29, 0.717) is 30.3 Å². The Hall–Kier alpha value is -2.21. The quantitative estimate of drug-likeness (QED) is 0.779. The molecule has 124 valence electrons. The number of methoxy groups -OCH3 is 1. The smallest absolute Gasteiger partial charge is 0.264 e. The molecule has 0 aliphatic carbocycles. The lowest BCUT2D eigenvalue weighted by Gasteiger charge is -2.23. The minimum atomic E-state index is -3.62. The van der Waals surface area contributed by atoms with Crippen LogP contribution >= 0.6 is 0 Å². The first-order valence-corrected chi connectivity index (χ1v) is 8.86. The topological polar surface area (TPSA) is 55.8 Å². The van der Waals surface area contributed by atoms with Crippen molar-refractivity contribution in [2.24, 2.45) is 0 Å². The monoisotopic (exact) mass is 335 g/mol. The van der Waals surface area contributed by atoms with Gasteiger partial charge in [0.1, 0.15) is 11.5 Å². The summed E-state index contributed by atoms with van der Waals surface area (Å²) in [5.41, 5.74) is 0.603. The highest BCUT2D eigenvalue weighted by Crippen LogP contribution is 2.26. The molecule has 0 aliphatic rings. The molecular formula is C17H21NO4S. The lowest BCUT2D eigenvalue weighted by Crippen LogP contribution is -2.30. The lowest BCUT2D eigenvalue weighted by atomic mass is 10.3. The van der Waals surface area contributed by atoms with Crippen molar-refractivity contribution in [2.75, 3.05) is 24.6 Å². The van der Waals surface area contributed by atoms with E-state index in [0.717, 1.165) is 0 Å². The van der Waals surface area contributed by atoms with Crippen molar-refractivity contribution in [3.05, 3.63) is 48.5 Å². The van der Waals surface area contributed by atoms with E-state index in [1.165, 1.54) is 4.31 Å². The molecular weight excluding hydrogens is 314 g/mol. The maximum absolute atomic E-state index is 12.8. The number of benzene rings is 2. The van der Waals surface area contributed by atoms with Gasteiger partial charge >= 0.3 is 0 Å². The Balaban J connectivity index is 2.33. The molecule has 0 bridgehead atoms. The Morgan fingerprint density at radius 2 is 1.48 bits per heavy atom. The number of ether oxygens (including phenoxy) is 2. The van der Waals surface area contributed by atoms with Crippen LogP contribution in [0.4, 0.5) is 5.69 Å². The minimum Gasteiger partial charge on any atom is -0.497 e. The van der Waals surface area contributed by atoms with E-state index in [4.69, 9.17) is 9.47 Å². The minimum absolute atomic E-state index is 0.231. The summed E-state index contributed by atoms with van der Waals surface area (Å²) in [5, 5.41) is 0. The van der Waals surface area contributed by atoms with Gasteiger partial charge in [0.15, 0.2) is 0 Å². The molecule has 0 radical (unpaired) electrons. The van der Waals surface area contributed by atoms with Crippen molar-refractivity contribution in [2.45, 2.75) is 18.7 Å². The van der Waals surface area contributed by atoms with E-state index in [1.54, 1.807) is 62.6 Å². The highest BCUT2D eigenvalue weighted by molar-refractivity contribution is 7.92. The second kappa shape index (κ2) is 7.37. The molecule has 6 heteroatoms. The zero-order valence-electron chi connectivity index (χ0n) is 13.5. The third-order valence-corrected chi connectivity index (χ3v) is 5.29. The van der Waals surface area contributed by atoms with Crippen LogP contribution < -0.4 is 13.8 Å². The summed E-state index contributed by atoms with van der Waals surface area (Å²) >= 11 is 0. The molecule has 0 saturated carbocycles. The fourth-order valence-electron chi connectivity index (χ4n) is 2.24. The maximum Gasteiger partial charge on any atom is 0.264 e. The summed E-state index contributed by atoms with van der Waals surface area (Å²) in [4.78, 5) is 0.231. The molecule has 2 aromatic rings. The number of anilines is 1. The number of hydrogen-bond acceptors (Lipinski definition) is 4. The van der Waals surface area contributed by atoms with Crippen LogP contribution in [0.25, 0.3) is 0 Å². The summed E-state index contributed by atoms with van der Waals surface area (Å²) < 4.78 is 37.5. The molecule has 0 unspecified atom stereocenters. The van der Waals surface area contributed by atoms with E-state index >= 15 is 0 Å². The Labute approximate surface area is 137 Å². The van der Waals surface area contributed by atoms with Crippen molar-refractivity contribution in [1.29, 1.82) is 0 Å². The average molecular weight is 335 g/mol. The molecule has 0 saturated heterocycles. The van der Waals surface area contributed by atoms with Crippen molar-refractivity contribution in [3.8, 4) is 11.5 Å². The predicted octanol–water partition coefficient (Wildman–Crippen LogP) is 3.31. The normalized spacial score (nSPS) is 11.1. The van der Waals surface area contributed by atoms with E-state index in [1.807, 2.05) is 6.92 Å². The van der Waals surface area contributed by atoms with E-state index in [2.05, 4.69) is 0 Å². The maximum atomic E-state index is 12.8. The number of rotatable bonds is 7. The van der Waals surface area contributed by atoms with Crippen LogP contribution in [0, 0.1) is 0 Å². The molecule has 0 heterocycles. The van der Waals surface area contributed by atoms with Crippen LogP contribution in [0.5, 0.6) is 11.5 Å². The van der Waals surface area contributed by atoms with Crippen LogP contribution in [-0.2, 0) is 10.0 Å². The second-order valence-electron chi connectivity index (χ2n) is 4.77. The fraction of sp³-hybridized carbons (Fsp3) is 0.294. The van der Waals surface area contributed by atoms with E-state index in [-0.39, 0.29) is 4.90 Å². The van der Waals surface area contributed by atoms with Gasteiger partial charge in [-0.2, -0.15) is 0 Å². The van der Waals surface area contributed by atoms with Crippen LogP contribution in [0.3, 0.4) is 0 Å². The molecule has 0 aromatic heterocycles. The Bertz CT molecular complexity index is 724. The predicted molar refractivity (Wildman–Crippen MR) is 90.8 cm³/mol. The molecule has 0 amide bonds. The van der Waals surface area contributed by atoms with Crippen LogP contribution in [0.15, 0.2) is 53.4 Å². The van der Waals surface area contributed by atoms with Gasteiger partial charge < -0.3 is 9.47 Å². The number of nitrogens with zero attached hydrogens (tertiary/aromatic N) is 1. The fourth-order valence-corrected chi connectivity index (χ4v) is 3.72. The first kappa shape index (κ1) is 17.1. The third kappa shape index (κ3) is 3.76. The molecule has 0 spiro atoms. The van der Waals surface area contributed by atoms with Crippen LogP contribution in [0.1, 0.15) is 13.8 Å². The van der Waals surface area contributed by atoms with E-state index in [9.17, 15) is 8.42 Å².